The summed E-state index contributed by atoms with van der Waals surface area (Å²) < 4.78 is 0. The average Bonchev–Trinajstić information content (AvgIpc) is 3.10. The first kappa shape index (κ1) is 40.7. The van der Waals surface area contributed by atoms with Gasteiger partial charge in [0.2, 0.25) is 0 Å². The zero-order valence-electron chi connectivity index (χ0n) is 30.6. The zero-order chi connectivity index (χ0) is 37.9. The smallest absolute Gasteiger partial charge is 0.335 e. The molecule has 4 atom stereocenters. The number of hydrogen-bond donors (Lipinski definition) is 4. The minimum Gasteiger partial charge on any atom is -0.479 e. The number of nitrogens with zero attached hydrogens (tertiary/aromatic N) is 4. The largest absolute Gasteiger partial charge is 0.479 e. The molecule has 0 saturated carbocycles. The number of benzene rings is 4. The molecule has 0 fully saturated rings. The van der Waals surface area contributed by atoms with Crippen LogP contribution in [0.4, 0.5) is 22.7 Å². The second-order valence-corrected chi connectivity index (χ2v) is 15.8. The first-order chi connectivity index (χ1) is 24.8. The van der Waals surface area contributed by atoms with Gasteiger partial charge in [0, 0.05) is 45.8 Å². The van der Waals surface area contributed by atoms with Crippen LogP contribution in [-0.2, 0) is 9.59 Å². The number of rotatable bonds is 11. The lowest BCUT2D eigenvalue weighted by atomic mass is 10.1. The number of aliphatic carboxylic acids is 2. The number of carbonyl (C=O) groups is 2. The average molecular weight is 747 g/mol. The van der Waals surface area contributed by atoms with Crippen molar-refractivity contribution in [3.8, 4) is 0 Å². The van der Waals surface area contributed by atoms with Crippen LogP contribution in [-0.4, -0.2) is 109 Å². The molecule has 10 nitrogen and oxygen atoms in total. The van der Waals surface area contributed by atoms with Gasteiger partial charge in [-0.2, -0.15) is 0 Å². The van der Waals surface area contributed by atoms with Gasteiger partial charge in [0.25, 0.3) is 0 Å². The van der Waals surface area contributed by atoms with E-state index in [1.807, 2.05) is 23.5 Å². The first-order valence-corrected chi connectivity index (χ1v) is 18.8. The summed E-state index contributed by atoms with van der Waals surface area (Å²) in [5.74, 6) is -2.31. The van der Waals surface area contributed by atoms with Gasteiger partial charge in [-0.3, -0.25) is 0 Å². The maximum absolute atomic E-state index is 9.77. The van der Waals surface area contributed by atoms with Gasteiger partial charge in [0.1, 0.15) is 0 Å². The highest BCUT2D eigenvalue weighted by Gasteiger charge is 2.29. The van der Waals surface area contributed by atoms with Gasteiger partial charge in [0.15, 0.2) is 12.2 Å². The van der Waals surface area contributed by atoms with Crippen molar-refractivity contribution < 1.29 is 30.0 Å². The van der Waals surface area contributed by atoms with Crippen molar-refractivity contribution in [2.24, 2.45) is 11.8 Å². The highest BCUT2D eigenvalue weighted by molar-refractivity contribution is 8.00. The Bertz CT molecular complexity index is 1570. The second-order valence-electron chi connectivity index (χ2n) is 13.6. The topological polar surface area (TPSA) is 128 Å². The minimum atomic E-state index is -2.27. The Balaban J connectivity index is 0.000000187. The number of carboxylic acids is 2. The van der Waals surface area contributed by atoms with E-state index in [9.17, 15) is 9.59 Å². The lowest BCUT2D eigenvalue weighted by Gasteiger charge is -2.35. The summed E-state index contributed by atoms with van der Waals surface area (Å²) in [6.45, 7) is 8.96. The van der Waals surface area contributed by atoms with Crippen LogP contribution in [0.1, 0.15) is 13.8 Å². The van der Waals surface area contributed by atoms with Crippen LogP contribution in [0.3, 0.4) is 0 Å². The third kappa shape index (κ3) is 11.0. The van der Waals surface area contributed by atoms with E-state index in [2.05, 4.69) is 159 Å². The van der Waals surface area contributed by atoms with Gasteiger partial charge < -0.3 is 40.0 Å². The molecule has 278 valence electrons. The molecule has 0 bridgehead atoms. The normalized spacial score (nSPS) is 15.0. The highest BCUT2D eigenvalue weighted by atomic mass is 32.2. The van der Waals surface area contributed by atoms with E-state index in [1.54, 1.807) is 0 Å². The number of para-hydroxylation sites is 4. The quantitative estimate of drug-likeness (QED) is 0.128. The Morgan fingerprint density at radius 3 is 1.02 bits per heavy atom. The molecule has 0 saturated heterocycles. The predicted molar refractivity (Wildman–Crippen MR) is 211 cm³/mol. The fourth-order valence-corrected chi connectivity index (χ4v) is 8.40. The molecule has 0 spiro atoms. The summed E-state index contributed by atoms with van der Waals surface area (Å²) in [5.41, 5.74) is 5.36. The van der Waals surface area contributed by atoms with Gasteiger partial charge in [-0.15, -0.1) is 0 Å². The fourth-order valence-electron chi connectivity index (χ4n) is 6.21. The molecule has 4 aromatic carbocycles. The molecule has 0 radical (unpaired) electrons. The summed E-state index contributed by atoms with van der Waals surface area (Å²) in [4.78, 5) is 34.5. The number of aliphatic hydroxyl groups excluding tert-OH is 2. The molecular formula is C40H50N4O6S2. The Morgan fingerprint density at radius 1 is 0.538 bits per heavy atom. The standard InChI is InChI=1S/2C18H22N2S.C4H6O6/c2*1-14(12-19(2)3)13-20-15-8-4-6-10-17(15)21-18-11-7-5-9-16(18)20;5-1(3(7)8)2(6)4(9)10/h2*4-11,14H,12-13H2,1-3H3;1-2,5-6H,(H,7,8)(H,9,10)/t;;1-,2-/m..0/s1. The molecule has 4 aromatic rings. The number of carboxylic acid groups (broad SMARTS) is 2. The van der Waals surface area contributed by atoms with E-state index >= 15 is 0 Å². The third-order valence-corrected chi connectivity index (χ3v) is 10.5. The van der Waals surface area contributed by atoms with Gasteiger partial charge in [-0.05, 0) is 88.6 Å². The van der Waals surface area contributed by atoms with E-state index in [4.69, 9.17) is 20.4 Å². The molecule has 2 heterocycles. The van der Waals surface area contributed by atoms with Crippen molar-refractivity contribution in [1.29, 1.82) is 0 Å². The SMILES string of the molecule is CC(CN(C)C)CN1c2ccccc2Sc2ccccc21.CC(CN(C)C)CN1c2ccccc2Sc2ccccc21.O=C(O)[C@@H](O)[C@H](O)C(=O)O. The maximum atomic E-state index is 9.77. The number of hydrogen-bond acceptors (Lipinski definition) is 10. The van der Waals surface area contributed by atoms with Crippen LogP contribution in [0.2, 0.25) is 0 Å². The minimum absolute atomic E-state index is 0.615. The monoisotopic (exact) mass is 746 g/mol. The zero-order valence-corrected chi connectivity index (χ0v) is 32.2. The van der Waals surface area contributed by atoms with Crippen molar-refractivity contribution in [2.75, 3.05) is 64.2 Å². The number of aliphatic hydroxyl groups is 2. The van der Waals surface area contributed by atoms with E-state index in [1.165, 1.54) is 42.3 Å². The molecule has 2 aliphatic rings. The summed E-state index contributed by atoms with van der Waals surface area (Å²) in [5, 5.41) is 32.5. The van der Waals surface area contributed by atoms with Crippen molar-refractivity contribution in [3.05, 3.63) is 97.1 Å². The van der Waals surface area contributed by atoms with Crippen LogP contribution in [0.25, 0.3) is 0 Å². The van der Waals surface area contributed by atoms with E-state index in [0.29, 0.717) is 11.8 Å². The molecular weight excluding hydrogens is 697 g/mol. The number of anilines is 4. The van der Waals surface area contributed by atoms with Crippen LogP contribution < -0.4 is 9.80 Å². The summed E-state index contributed by atoms with van der Waals surface area (Å²) in [6, 6.07) is 34.9. The lowest BCUT2D eigenvalue weighted by molar-refractivity contribution is -0.165. The van der Waals surface area contributed by atoms with Gasteiger partial charge in [0.05, 0.1) is 22.7 Å². The van der Waals surface area contributed by atoms with Crippen molar-refractivity contribution in [1.82, 2.24) is 9.80 Å². The second kappa shape index (κ2) is 19.2. The lowest BCUT2D eigenvalue weighted by Crippen LogP contribution is -2.39. The predicted octanol–water partition coefficient (Wildman–Crippen LogP) is 6.85. The molecule has 0 aromatic heterocycles. The van der Waals surface area contributed by atoms with E-state index < -0.39 is 24.1 Å². The molecule has 6 rings (SSSR count). The summed E-state index contributed by atoms with van der Waals surface area (Å²) >= 11 is 3.75. The fraction of sp³-hybridized carbons (Fsp3) is 0.350. The molecule has 52 heavy (non-hydrogen) atoms. The Kier molecular flexibility index (Phi) is 15.0. The molecule has 0 aliphatic carbocycles. The molecule has 4 N–H and O–H groups in total. The third-order valence-electron chi connectivity index (χ3n) is 8.21. The van der Waals surface area contributed by atoms with E-state index in [0.717, 1.165) is 26.2 Å². The summed E-state index contributed by atoms with van der Waals surface area (Å²) in [6.07, 6.45) is -4.53. The van der Waals surface area contributed by atoms with Crippen molar-refractivity contribution in [2.45, 2.75) is 45.6 Å². The maximum Gasteiger partial charge on any atom is 0.335 e. The molecule has 2 unspecified atom stereocenters. The van der Waals surface area contributed by atoms with Gasteiger partial charge in [-0.1, -0.05) is 85.9 Å². The highest BCUT2D eigenvalue weighted by Crippen LogP contribution is 2.49. The van der Waals surface area contributed by atoms with Gasteiger partial charge in [-0.25, -0.2) is 9.59 Å². The van der Waals surface area contributed by atoms with E-state index in [-0.39, 0.29) is 0 Å². The summed E-state index contributed by atoms with van der Waals surface area (Å²) in [7, 11) is 8.57. The van der Waals surface area contributed by atoms with Crippen LogP contribution in [0.15, 0.2) is 117 Å². The Hall–Kier alpha value is -4.04. The Labute approximate surface area is 315 Å². The van der Waals surface area contributed by atoms with Gasteiger partial charge >= 0.3 is 11.9 Å². The van der Waals surface area contributed by atoms with Crippen molar-refractivity contribution >= 4 is 58.2 Å². The van der Waals surface area contributed by atoms with Crippen LogP contribution >= 0.6 is 23.5 Å². The van der Waals surface area contributed by atoms with Crippen LogP contribution in [0, 0.1) is 11.8 Å². The molecule has 2 aliphatic heterocycles. The molecule has 0 amide bonds. The van der Waals surface area contributed by atoms with Crippen molar-refractivity contribution in [3.63, 3.8) is 0 Å². The Morgan fingerprint density at radius 2 is 0.788 bits per heavy atom. The van der Waals surface area contributed by atoms with Crippen LogP contribution in [0.5, 0.6) is 0 Å². The number of fused-ring (bicyclic) bond motifs is 4. The molecule has 12 heteroatoms. The first-order valence-electron chi connectivity index (χ1n) is 17.1.